The number of carbonyl (C=O) groups is 1. The Balaban J connectivity index is 1.85. The summed E-state index contributed by atoms with van der Waals surface area (Å²) in [7, 11) is 0. The summed E-state index contributed by atoms with van der Waals surface area (Å²) in [5, 5.41) is 7.27. The molecule has 22 heavy (non-hydrogen) atoms. The molecule has 6 nitrogen and oxygen atoms in total. The summed E-state index contributed by atoms with van der Waals surface area (Å²) in [6, 6.07) is 3.77. The molecule has 1 N–H and O–H groups in total. The first-order valence-corrected chi connectivity index (χ1v) is 7.60. The average Bonchev–Trinajstić information content (AvgIpc) is 3.15. The minimum atomic E-state index is -0.380. The van der Waals surface area contributed by atoms with Gasteiger partial charge in [0.05, 0.1) is 6.04 Å². The average molecular weight is 299 g/mol. The molecule has 116 valence electrons. The van der Waals surface area contributed by atoms with Crippen LogP contribution in [-0.4, -0.2) is 37.5 Å². The molecule has 3 rings (SSSR count). The third-order valence-electron chi connectivity index (χ3n) is 3.89. The first-order chi connectivity index (χ1) is 10.5. The van der Waals surface area contributed by atoms with Gasteiger partial charge in [-0.15, -0.1) is 0 Å². The largest absolute Gasteiger partial charge is 0.332 e. The molecule has 2 aromatic rings. The quantitative estimate of drug-likeness (QED) is 0.925. The monoisotopic (exact) mass is 299 g/mol. The van der Waals surface area contributed by atoms with Crippen LogP contribution in [0.1, 0.15) is 45.5 Å². The van der Waals surface area contributed by atoms with Gasteiger partial charge in [-0.2, -0.15) is 5.10 Å². The van der Waals surface area contributed by atoms with Gasteiger partial charge < -0.3 is 4.90 Å². The number of H-pyrrole nitrogens is 1. The van der Waals surface area contributed by atoms with E-state index in [-0.39, 0.29) is 17.4 Å². The first kappa shape index (κ1) is 14.7. The molecule has 0 aliphatic carbocycles. The van der Waals surface area contributed by atoms with Gasteiger partial charge in [-0.3, -0.25) is 14.9 Å². The molecule has 1 saturated heterocycles. The Morgan fingerprint density at radius 3 is 2.91 bits per heavy atom. The number of nitrogens with one attached hydrogen (secondary N) is 1. The highest BCUT2D eigenvalue weighted by Crippen LogP contribution is 2.34. The summed E-state index contributed by atoms with van der Waals surface area (Å²) >= 11 is 0. The van der Waals surface area contributed by atoms with Crippen LogP contribution in [0.3, 0.4) is 0 Å². The van der Waals surface area contributed by atoms with Crippen molar-refractivity contribution in [1.29, 1.82) is 0 Å². The van der Waals surface area contributed by atoms with E-state index in [0.717, 1.165) is 30.8 Å². The standard InChI is InChI=1S/C16H21N5O/c1-16(2,3)15(22)21-9-5-7-12(21)14-18-13(19-20-14)11-6-4-8-17-10-11/h4,6,8,10,12H,5,7,9H2,1-3H3,(H,18,19,20)/t12-/m0/s1. The van der Waals surface area contributed by atoms with Crippen LogP contribution in [-0.2, 0) is 4.79 Å². The maximum Gasteiger partial charge on any atom is 0.228 e. The Kier molecular flexibility index (Phi) is 3.68. The molecule has 1 amide bonds. The van der Waals surface area contributed by atoms with Crippen LogP contribution in [0.2, 0.25) is 0 Å². The van der Waals surface area contributed by atoms with Crippen LogP contribution in [0, 0.1) is 5.41 Å². The molecule has 0 unspecified atom stereocenters. The third kappa shape index (κ3) is 2.73. The SMILES string of the molecule is CC(C)(C)C(=O)N1CCC[C@H]1c1nc(-c2cccnc2)n[nH]1. The van der Waals surface area contributed by atoms with E-state index in [4.69, 9.17) is 0 Å². The Labute approximate surface area is 130 Å². The molecule has 0 aromatic carbocycles. The number of aromatic nitrogens is 4. The zero-order valence-electron chi connectivity index (χ0n) is 13.2. The summed E-state index contributed by atoms with van der Waals surface area (Å²) in [5.41, 5.74) is 0.492. The van der Waals surface area contributed by atoms with Crippen LogP contribution >= 0.6 is 0 Å². The fourth-order valence-electron chi connectivity index (χ4n) is 2.77. The Hall–Kier alpha value is -2.24. The van der Waals surface area contributed by atoms with E-state index < -0.39 is 0 Å². The number of carbonyl (C=O) groups excluding carboxylic acids is 1. The van der Waals surface area contributed by atoms with E-state index in [2.05, 4.69) is 20.2 Å². The zero-order valence-corrected chi connectivity index (χ0v) is 13.2. The highest BCUT2D eigenvalue weighted by Gasteiger charge is 2.37. The number of rotatable bonds is 2. The van der Waals surface area contributed by atoms with E-state index in [0.29, 0.717) is 5.82 Å². The first-order valence-electron chi connectivity index (χ1n) is 7.60. The predicted octanol–water partition coefficient (Wildman–Crippen LogP) is 2.58. The van der Waals surface area contributed by atoms with Crippen LogP contribution < -0.4 is 0 Å². The van der Waals surface area contributed by atoms with Gasteiger partial charge in [-0.1, -0.05) is 20.8 Å². The van der Waals surface area contributed by atoms with Gasteiger partial charge in [0.25, 0.3) is 0 Å². The number of hydrogen-bond donors (Lipinski definition) is 1. The van der Waals surface area contributed by atoms with Crippen LogP contribution in [0.5, 0.6) is 0 Å². The number of likely N-dealkylation sites (tertiary alicyclic amines) is 1. The molecule has 6 heteroatoms. The van der Waals surface area contributed by atoms with Gasteiger partial charge in [0.2, 0.25) is 5.91 Å². The predicted molar refractivity (Wildman–Crippen MR) is 82.8 cm³/mol. The third-order valence-corrected chi connectivity index (χ3v) is 3.89. The lowest BCUT2D eigenvalue weighted by Gasteiger charge is -2.29. The molecule has 0 radical (unpaired) electrons. The van der Waals surface area contributed by atoms with Gasteiger partial charge >= 0.3 is 0 Å². The number of hydrogen-bond acceptors (Lipinski definition) is 4. The molecule has 2 aromatic heterocycles. The zero-order chi connectivity index (χ0) is 15.7. The second-order valence-electron chi connectivity index (χ2n) is 6.69. The molecular weight excluding hydrogens is 278 g/mol. The molecule has 0 saturated carbocycles. The van der Waals surface area contributed by atoms with Crippen molar-refractivity contribution in [3.05, 3.63) is 30.4 Å². The second kappa shape index (κ2) is 5.51. The van der Waals surface area contributed by atoms with E-state index in [1.54, 1.807) is 12.4 Å². The smallest absolute Gasteiger partial charge is 0.228 e. The lowest BCUT2D eigenvalue weighted by molar-refractivity contribution is -0.140. The van der Waals surface area contributed by atoms with E-state index in [1.165, 1.54) is 0 Å². The summed E-state index contributed by atoms with van der Waals surface area (Å²) < 4.78 is 0. The van der Waals surface area contributed by atoms with Crippen molar-refractivity contribution in [2.24, 2.45) is 5.41 Å². The number of nitrogens with zero attached hydrogens (tertiary/aromatic N) is 4. The Bertz CT molecular complexity index is 659. The number of amides is 1. The van der Waals surface area contributed by atoms with Crippen molar-refractivity contribution in [3.63, 3.8) is 0 Å². The molecule has 0 spiro atoms. The molecule has 1 fully saturated rings. The molecular formula is C16H21N5O. The van der Waals surface area contributed by atoms with Gasteiger partial charge in [-0.05, 0) is 25.0 Å². The van der Waals surface area contributed by atoms with Gasteiger partial charge in [0.15, 0.2) is 5.82 Å². The fraction of sp³-hybridized carbons (Fsp3) is 0.500. The summed E-state index contributed by atoms with van der Waals surface area (Å²) in [6.45, 7) is 6.63. The maximum atomic E-state index is 12.6. The second-order valence-corrected chi connectivity index (χ2v) is 6.69. The van der Waals surface area contributed by atoms with Gasteiger partial charge in [0, 0.05) is 29.9 Å². The maximum absolute atomic E-state index is 12.6. The minimum absolute atomic E-state index is 0.00959. The number of pyridine rings is 1. The van der Waals surface area contributed by atoms with Gasteiger partial charge in [-0.25, -0.2) is 4.98 Å². The molecule has 1 aliphatic heterocycles. The normalized spacial score (nSPS) is 18.7. The van der Waals surface area contributed by atoms with Gasteiger partial charge in [0.1, 0.15) is 5.82 Å². The highest BCUT2D eigenvalue weighted by atomic mass is 16.2. The van der Waals surface area contributed by atoms with Crippen LogP contribution in [0.25, 0.3) is 11.4 Å². The molecule has 1 atom stereocenters. The summed E-state index contributed by atoms with van der Waals surface area (Å²) in [4.78, 5) is 23.2. The fourth-order valence-corrected chi connectivity index (χ4v) is 2.77. The van der Waals surface area contributed by atoms with Crippen molar-refractivity contribution in [2.75, 3.05) is 6.54 Å². The lowest BCUT2D eigenvalue weighted by atomic mass is 9.94. The van der Waals surface area contributed by atoms with Crippen molar-refractivity contribution < 1.29 is 4.79 Å². The minimum Gasteiger partial charge on any atom is -0.332 e. The van der Waals surface area contributed by atoms with E-state index in [1.807, 2.05) is 37.8 Å². The van der Waals surface area contributed by atoms with E-state index >= 15 is 0 Å². The lowest BCUT2D eigenvalue weighted by Crippen LogP contribution is -2.39. The van der Waals surface area contributed by atoms with Crippen molar-refractivity contribution in [2.45, 2.75) is 39.7 Å². The Morgan fingerprint density at radius 2 is 2.23 bits per heavy atom. The van der Waals surface area contributed by atoms with Crippen LogP contribution in [0.4, 0.5) is 0 Å². The van der Waals surface area contributed by atoms with Crippen molar-refractivity contribution in [3.8, 4) is 11.4 Å². The van der Waals surface area contributed by atoms with Crippen LogP contribution in [0.15, 0.2) is 24.5 Å². The summed E-state index contributed by atoms with van der Waals surface area (Å²) in [5.74, 6) is 1.54. The topological polar surface area (TPSA) is 74.8 Å². The Morgan fingerprint density at radius 1 is 1.41 bits per heavy atom. The van der Waals surface area contributed by atoms with E-state index in [9.17, 15) is 4.79 Å². The van der Waals surface area contributed by atoms with Crippen molar-refractivity contribution >= 4 is 5.91 Å². The molecule has 0 bridgehead atoms. The molecule has 3 heterocycles. The molecule has 1 aliphatic rings. The number of aromatic amines is 1. The highest BCUT2D eigenvalue weighted by molar-refractivity contribution is 5.82. The van der Waals surface area contributed by atoms with Crippen molar-refractivity contribution in [1.82, 2.24) is 25.1 Å². The summed E-state index contributed by atoms with van der Waals surface area (Å²) in [6.07, 6.45) is 5.37.